The maximum absolute atomic E-state index is 14.1. The lowest BCUT2D eigenvalue weighted by Gasteiger charge is -2.32. The number of hydrogen-bond donors (Lipinski definition) is 1. The van der Waals surface area contributed by atoms with Crippen LogP contribution < -0.4 is 4.74 Å². The van der Waals surface area contributed by atoms with Gasteiger partial charge in [0.15, 0.2) is 0 Å². The van der Waals surface area contributed by atoms with Crippen LogP contribution in [0.3, 0.4) is 0 Å². The van der Waals surface area contributed by atoms with Crippen LogP contribution >= 0.6 is 0 Å². The number of ether oxygens (including phenoxy) is 1. The predicted molar refractivity (Wildman–Crippen MR) is 124 cm³/mol. The molecule has 6 nitrogen and oxygen atoms in total. The number of halogens is 1. The van der Waals surface area contributed by atoms with Crippen LogP contribution in [0.25, 0.3) is 10.9 Å². The van der Waals surface area contributed by atoms with E-state index in [2.05, 4.69) is 0 Å². The van der Waals surface area contributed by atoms with E-state index in [4.69, 9.17) is 4.74 Å². The first kappa shape index (κ1) is 22.8. The largest absolute Gasteiger partial charge is 0.497 e. The number of fused-ring (bicyclic) bond motifs is 3. The minimum atomic E-state index is -0.893. The molecule has 0 fully saturated rings. The summed E-state index contributed by atoms with van der Waals surface area (Å²) in [7, 11) is 3.42. The van der Waals surface area contributed by atoms with Gasteiger partial charge in [0.05, 0.1) is 13.5 Å². The molecule has 1 aromatic heterocycles. The number of methoxy groups -OCH3 is 1. The molecule has 0 radical (unpaired) electrons. The Hall–Kier alpha value is -3.35. The molecule has 3 aromatic rings. The Morgan fingerprint density at radius 1 is 1.24 bits per heavy atom. The van der Waals surface area contributed by atoms with Gasteiger partial charge in [-0.3, -0.25) is 4.79 Å². The second-order valence-electron chi connectivity index (χ2n) is 8.65. The Kier molecular flexibility index (Phi) is 6.40. The zero-order chi connectivity index (χ0) is 23.7. The molecular formula is C26H29FN2O4. The number of carbonyl (C=O) groups is 2. The number of likely N-dealkylation sites (N-methyl/N-ethyl adjacent to an activating group) is 1. The Bertz CT molecular complexity index is 1190. The number of aliphatic carboxylic acids is 1. The van der Waals surface area contributed by atoms with Gasteiger partial charge in [-0.15, -0.1) is 0 Å². The number of hydrogen-bond acceptors (Lipinski definition) is 3. The molecule has 1 aliphatic rings. The first-order valence-electron chi connectivity index (χ1n) is 11.3. The van der Waals surface area contributed by atoms with Crippen molar-refractivity contribution in [3.05, 3.63) is 65.1 Å². The van der Waals surface area contributed by atoms with E-state index in [-0.39, 0.29) is 24.2 Å². The van der Waals surface area contributed by atoms with Gasteiger partial charge in [-0.1, -0.05) is 19.1 Å². The van der Waals surface area contributed by atoms with Crippen molar-refractivity contribution in [2.24, 2.45) is 0 Å². The zero-order valence-electron chi connectivity index (χ0n) is 19.2. The molecule has 1 amide bonds. The van der Waals surface area contributed by atoms with E-state index in [0.717, 1.165) is 39.9 Å². The highest BCUT2D eigenvalue weighted by atomic mass is 19.1. The van der Waals surface area contributed by atoms with Crippen LogP contribution in [-0.2, 0) is 28.9 Å². The number of carbonyl (C=O) groups excluding carboxylic acids is 1. The lowest BCUT2D eigenvalue weighted by Crippen LogP contribution is -2.41. The van der Waals surface area contributed by atoms with Crippen LogP contribution in [0, 0.1) is 5.82 Å². The van der Waals surface area contributed by atoms with Gasteiger partial charge in [-0.05, 0) is 67.1 Å². The summed E-state index contributed by atoms with van der Waals surface area (Å²) in [6, 6.07) is 11.2. The van der Waals surface area contributed by atoms with Crippen LogP contribution in [-0.4, -0.2) is 46.6 Å². The summed E-state index contributed by atoms with van der Waals surface area (Å²) in [5, 5.41) is 10.5. The number of benzene rings is 2. The smallest absolute Gasteiger partial charge is 0.326 e. The molecule has 0 saturated heterocycles. The molecular weight excluding hydrogens is 423 g/mol. The maximum Gasteiger partial charge on any atom is 0.326 e. The van der Waals surface area contributed by atoms with Crippen LogP contribution in [0.2, 0.25) is 0 Å². The molecule has 0 aliphatic heterocycles. The van der Waals surface area contributed by atoms with Gasteiger partial charge in [-0.25, -0.2) is 9.18 Å². The molecule has 0 spiro atoms. The average Bonchev–Trinajstić information content (AvgIpc) is 3.12. The van der Waals surface area contributed by atoms with Crippen molar-refractivity contribution in [2.45, 2.75) is 51.1 Å². The van der Waals surface area contributed by atoms with Gasteiger partial charge >= 0.3 is 5.97 Å². The van der Waals surface area contributed by atoms with E-state index >= 15 is 0 Å². The third-order valence-electron chi connectivity index (χ3n) is 6.78. The number of aromatic nitrogens is 1. The van der Waals surface area contributed by atoms with Crippen molar-refractivity contribution < 1.29 is 23.8 Å². The SMILES string of the molecule is CCC(C(=O)O)n1c2c(c3cc(F)ccc31)C[C@@H](N(C)C(=O)Cc1ccc(OC)cc1)CC2. The topological polar surface area (TPSA) is 71.8 Å². The van der Waals surface area contributed by atoms with Crippen molar-refractivity contribution in [1.82, 2.24) is 9.47 Å². The van der Waals surface area contributed by atoms with Crippen LogP contribution in [0.15, 0.2) is 42.5 Å². The monoisotopic (exact) mass is 452 g/mol. The molecule has 1 unspecified atom stereocenters. The fraction of sp³-hybridized carbons (Fsp3) is 0.385. The highest BCUT2D eigenvalue weighted by Gasteiger charge is 2.32. The maximum atomic E-state index is 14.1. The van der Waals surface area contributed by atoms with Gasteiger partial charge in [0.2, 0.25) is 5.91 Å². The molecule has 1 aliphatic carbocycles. The predicted octanol–water partition coefficient (Wildman–Crippen LogP) is 4.38. The molecule has 0 saturated carbocycles. The van der Waals surface area contributed by atoms with Gasteiger partial charge in [0.1, 0.15) is 17.6 Å². The molecule has 1 N–H and O–H groups in total. The summed E-state index contributed by atoms with van der Waals surface area (Å²) < 4.78 is 21.2. The number of rotatable bonds is 7. The fourth-order valence-electron chi connectivity index (χ4n) is 4.95. The lowest BCUT2D eigenvalue weighted by molar-refractivity contribution is -0.141. The van der Waals surface area contributed by atoms with E-state index < -0.39 is 12.0 Å². The van der Waals surface area contributed by atoms with Crippen LogP contribution in [0.1, 0.15) is 42.6 Å². The Morgan fingerprint density at radius 3 is 2.61 bits per heavy atom. The zero-order valence-corrected chi connectivity index (χ0v) is 19.2. The second kappa shape index (κ2) is 9.25. The fourth-order valence-corrected chi connectivity index (χ4v) is 4.95. The number of carboxylic acids is 1. The molecule has 1 heterocycles. The lowest BCUT2D eigenvalue weighted by atomic mass is 9.90. The van der Waals surface area contributed by atoms with Crippen molar-refractivity contribution >= 4 is 22.8 Å². The summed E-state index contributed by atoms with van der Waals surface area (Å²) in [4.78, 5) is 26.7. The molecule has 33 heavy (non-hydrogen) atoms. The van der Waals surface area contributed by atoms with E-state index in [0.29, 0.717) is 19.3 Å². The van der Waals surface area contributed by atoms with E-state index in [1.165, 1.54) is 12.1 Å². The summed E-state index contributed by atoms with van der Waals surface area (Å²) >= 11 is 0. The Labute approximate surface area is 192 Å². The Morgan fingerprint density at radius 2 is 1.97 bits per heavy atom. The number of nitrogens with zero attached hydrogens (tertiary/aromatic N) is 2. The third kappa shape index (κ3) is 4.32. The summed E-state index contributed by atoms with van der Waals surface area (Å²) in [5.74, 6) is -0.484. The van der Waals surface area contributed by atoms with Crippen molar-refractivity contribution in [3.8, 4) is 5.75 Å². The van der Waals surface area contributed by atoms with Gasteiger partial charge in [0, 0.05) is 29.7 Å². The first-order chi connectivity index (χ1) is 15.8. The minimum absolute atomic E-state index is 0.0144. The van der Waals surface area contributed by atoms with Crippen LogP contribution in [0.5, 0.6) is 5.75 Å². The third-order valence-corrected chi connectivity index (χ3v) is 6.78. The number of carboxylic acid groups (broad SMARTS) is 1. The van der Waals surface area contributed by atoms with Gasteiger partial charge in [-0.2, -0.15) is 0 Å². The molecule has 2 aromatic carbocycles. The highest BCUT2D eigenvalue weighted by Crippen LogP contribution is 2.37. The molecule has 2 atom stereocenters. The number of amides is 1. The van der Waals surface area contributed by atoms with Crippen molar-refractivity contribution in [1.29, 1.82) is 0 Å². The molecule has 4 rings (SSSR count). The highest BCUT2D eigenvalue weighted by molar-refractivity contribution is 5.88. The molecule has 0 bridgehead atoms. The molecule has 174 valence electrons. The Balaban J connectivity index is 1.62. The minimum Gasteiger partial charge on any atom is -0.497 e. The summed E-state index contributed by atoms with van der Waals surface area (Å²) in [5.41, 5.74) is 3.54. The average molecular weight is 453 g/mol. The van der Waals surface area contributed by atoms with Gasteiger partial charge < -0.3 is 19.3 Å². The first-order valence-corrected chi connectivity index (χ1v) is 11.3. The quantitative estimate of drug-likeness (QED) is 0.577. The van der Waals surface area contributed by atoms with E-state index in [1.807, 2.05) is 42.8 Å². The normalized spacial score (nSPS) is 16.3. The van der Waals surface area contributed by atoms with E-state index in [9.17, 15) is 19.1 Å². The van der Waals surface area contributed by atoms with Crippen molar-refractivity contribution in [3.63, 3.8) is 0 Å². The molecule has 7 heteroatoms. The summed E-state index contributed by atoms with van der Waals surface area (Å²) in [6.07, 6.45) is 2.67. The summed E-state index contributed by atoms with van der Waals surface area (Å²) in [6.45, 7) is 1.85. The second-order valence-corrected chi connectivity index (χ2v) is 8.65. The standard InChI is InChI=1S/C26H29FN2O4/c1-4-22(26(31)32)29-23-11-7-17(27)14-20(23)21-15-18(8-12-24(21)29)28(2)25(30)13-16-5-9-19(33-3)10-6-16/h5-7,9-11,14,18,22H,4,8,12-13,15H2,1-3H3,(H,31,32)/t18-,22?/m0/s1. The van der Waals surface area contributed by atoms with Gasteiger partial charge in [0.25, 0.3) is 0 Å². The van der Waals surface area contributed by atoms with Crippen LogP contribution in [0.4, 0.5) is 4.39 Å². The van der Waals surface area contributed by atoms with E-state index in [1.54, 1.807) is 18.1 Å². The van der Waals surface area contributed by atoms with Crippen molar-refractivity contribution in [2.75, 3.05) is 14.2 Å².